The van der Waals surface area contributed by atoms with Crippen LogP contribution in [0.1, 0.15) is 31.3 Å². The van der Waals surface area contributed by atoms with Crippen LogP contribution in [0.25, 0.3) is 0 Å². The fraction of sp³-hybridized carbons (Fsp3) is 0.444. The maximum Gasteiger partial charge on any atom is 0.435 e. The number of hydrogen-bond acceptors (Lipinski definition) is 4. The van der Waals surface area contributed by atoms with Crippen molar-refractivity contribution in [2.45, 2.75) is 26.4 Å². The lowest BCUT2D eigenvalue weighted by Gasteiger charge is -2.18. The van der Waals surface area contributed by atoms with Crippen molar-refractivity contribution >= 4 is 12.0 Å². The Kier molecular flexibility index (Phi) is 2.78. The Bertz CT molecular complexity index is 390. The van der Waals surface area contributed by atoms with Crippen molar-refractivity contribution in [2.24, 2.45) is 5.73 Å². The summed E-state index contributed by atoms with van der Waals surface area (Å²) in [6.45, 7) is 5.22. The molecule has 1 rings (SSSR count). The molecule has 0 atom stereocenters. The first-order valence-corrected chi connectivity index (χ1v) is 4.38. The summed E-state index contributed by atoms with van der Waals surface area (Å²) in [5, 5.41) is 3.66. The molecule has 0 saturated carbocycles. The van der Waals surface area contributed by atoms with E-state index in [2.05, 4.69) is 5.10 Å². The quantitative estimate of drug-likeness (QED) is 0.743. The highest BCUT2D eigenvalue weighted by Crippen LogP contribution is 2.08. The summed E-state index contributed by atoms with van der Waals surface area (Å²) >= 11 is 0. The zero-order chi connectivity index (χ0) is 11.6. The molecule has 0 aliphatic rings. The molecule has 6 nitrogen and oxygen atoms in total. The van der Waals surface area contributed by atoms with Gasteiger partial charge < -0.3 is 10.5 Å². The van der Waals surface area contributed by atoms with E-state index in [1.807, 2.05) is 0 Å². The van der Waals surface area contributed by atoms with Crippen LogP contribution in [0.5, 0.6) is 0 Å². The molecule has 82 valence electrons. The van der Waals surface area contributed by atoms with E-state index in [4.69, 9.17) is 10.5 Å². The van der Waals surface area contributed by atoms with Crippen LogP contribution in [0.2, 0.25) is 0 Å². The molecule has 0 spiro atoms. The van der Waals surface area contributed by atoms with Crippen molar-refractivity contribution in [3.8, 4) is 0 Å². The molecule has 1 amide bonds. The Balaban J connectivity index is 2.79. The Hall–Kier alpha value is -1.85. The molecule has 15 heavy (non-hydrogen) atoms. The molecular weight excluding hydrogens is 198 g/mol. The third kappa shape index (κ3) is 3.08. The number of nitrogens with two attached hydrogens (primary N) is 1. The summed E-state index contributed by atoms with van der Waals surface area (Å²) in [6, 6.07) is 1.35. The fourth-order valence-corrected chi connectivity index (χ4v) is 0.866. The van der Waals surface area contributed by atoms with E-state index in [0.29, 0.717) is 0 Å². The number of carbonyl (C=O) groups excluding carboxylic acids is 2. The van der Waals surface area contributed by atoms with Gasteiger partial charge in [0.15, 0.2) is 5.69 Å². The second-order valence-corrected chi connectivity index (χ2v) is 3.99. The number of hydrogen-bond donors (Lipinski definition) is 1. The van der Waals surface area contributed by atoms with E-state index >= 15 is 0 Å². The van der Waals surface area contributed by atoms with Crippen molar-refractivity contribution in [3.63, 3.8) is 0 Å². The SMILES string of the molecule is CC(C)(C)OC(=O)n1ccc(C(N)=O)n1. The van der Waals surface area contributed by atoms with Gasteiger partial charge in [0.2, 0.25) is 0 Å². The van der Waals surface area contributed by atoms with Gasteiger partial charge in [-0.1, -0.05) is 0 Å². The van der Waals surface area contributed by atoms with Gasteiger partial charge >= 0.3 is 6.09 Å². The lowest BCUT2D eigenvalue weighted by Crippen LogP contribution is -2.27. The molecule has 1 heterocycles. The monoisotopic (exact) mass is 211 g/mol. The van der Waals surface area contributed by atoms with Crippen LogP contribution in [0, 0.1) is 0 Å². The highest BCUT2D eigenvalue weighted by Gasteiger charge is 2.19. The average molecular weight is 211 g/mol. The average Bonchev–Trinajstić information content (AvgIpc) is 2.47. The molecule has 0 aliphatic heterocycles. The van der Waals surface area contributed by atoms with Gasteiger partial charge in [-0.2, -0.15) is 9.78 Å². The van der Waals surface area contributed by atoms with Gasteiger partial charge in [-0.25, -0.2) is 4.79 Å². The van der Waals surface area contributed by atoms with Gasteiger partial charge in [0, 0.05) is 6.20 Å². The third-order valence-corrected chi connectivity index (χ3v) is 1.42. The smallest absolute Gasteiger partial charge is 0.435 e. The number of ether oxygens (including phenoxy) is 1. The van der Waals surface area contributed by atoms with E-state index < -0.39 is 17.6 Å². The fourth-order valence-electron chi connectivity index (χ4n) is 0.866. The Morgan fingerprint density at radius 3 is 2.47 bits per heavy atom. The lowest BCUT2D eigenvalue weighted by molar-refractivity contribution is 0.0514. The molecule has 0 aromatic carbocycles. The van der Waals surface area contributed by atoms with Crippen LogP contribution in [0.15, 0.2) is 12.3 Å². The van der Waals surface area contributed by atoms with Crippen molar-refractivity contribution in [1.29, 1.82) is 0 Å². The van der Waals surface area contributed by atoms with Gasteiger partial charge in [-0.3, -0.25) is 4.79 Å². The van der Waals surface area contributed by atoms with Gasteiger partial charge in [0.1, 0.15) is 5.60 Å². The molecule has 0 saturated heterocycles. The van der Waals surface area contributed by atoms with E-state index in [1.54, 1.807) is 20.8 Å². The zero-order valence-corrected chi connectivity index (χ0v) is 8.85. The highest BCUT2D eigenvalue weighted by atomic mass is 16.6. The molecule has 0 unspecified atom stereocenters. The Labute approximate surface area is 87.0 Å². The maximum atomic E-state index is 11.4. The summed E-state index contributed by atoms with van der Waals surface area (Å²) in [7, 11) is 0. The minimum absolute atomic E-state index is 0.0286. The van der Waals surface area contributed by atoms with Gasteiger partial charge in [-0.15, -0.1) is 0 Å². The Morgan fingerprint density at radius 2 is 2.07 bits per heavy atom. The highest BCUT2D eigenvalue weighted by molar-refractivity contribution is 5.91. The number of carbonyl (C=O) groups is 2. The first-order valence-electron chi connectivity index (χ1n) is 4.38. The van der Waals surface area contributed by atoms with Crippen molar-refractivity contribution in [3.05, 3.63) is 18.0 Å². The number of rotatable bonds is 1. The van der Waals surface area contributed by atoms with Crippen molar-refractivity contribution < 1.29 is 14.3 Å². The summed E-state index contributed by atoms with van der Waals surface area (Å²) in [6.07, 6.45) is 0.684. The Morgan fingerprint density at radius 1 is 1.47 bits per heavy atom. The number of amides is 1. The van der Waals surface area contributed by atoms with Gasteiger partial charge in [0.05, 0.1) is 0 Å². The van der Waals surface area contributed by atoms with E-state index in [9.17, 15) is 9.59 Å². The second-order valence-electron chi connectivity index (χ2n) is 3.99. The largest absolute Gasteiger partial charge is 0.442 e. The molecule has 0 fully saturated rings. The number of aromatic nitrogens is 2. The van der Waals surface area contributed by atoms with Crippen LogP contribution in [0.3, 0.4) is 0 Å². The number of primary amides is 1. The molecule has 6 heteroatoms. The number of nitrogens with zero attached hydrogens (tertiary/aromatic N) is 2. The normalized spacial score (nSPS) is 11.1. The molecular formula is C9H13N3O3. The predicted molar refractivity (Wildman–Crippen MR) is 52.4 cm³/mol. The zero-order valence-electron chi connectivity index (χ0n) is 8.85. The first-order chi connectivity index (χ1) is 6.79. The topological polar surface area (TPSA) is 87.2 Å². The van der Waals surface area contributed by atoms with E-state index in [-0.39, 0.29) is 5.69 Å². The van der Waals surface area contributed by atoms with E-state index in [0.717, 1.165) is 4.68 Å². The minimum Gasteiger partial charge on any atom is -0.442 e. The maximum absolute atomic E-state index is 11.4. The van der Waals surface area contributed by atoms with Crippen LogP contribution >= 0.6 is 0 Å². The van der Waals surface area contributed by atoms with Crippen LogP contribution in [0.4, 0.5) is 4.79 Å². The second kappa shape index (κ2) is 3.72. The molecule has 2 N–H and O–H groups in total. The first kappa shape index (κ1) is 11.2. The van der Waals surface area contributed by atoms with Crippen LogP contribution in [-0.4, -0.2) is 27.4 Å². The summed E-state index contributed by atoms with van der Waals surface area (Å²) in [5.74, 6) is -0.683. The molecule has 1 aromatic heterocycles. The minimum atomic E-state index is -0.683. The molecule has 0 bridgehead atoms. The van der Waals surface area contributed by atoms with Crippen molar-refractivity contribution in [1.82, 2.24) is 9.78 Å². The summed E-state index contributed by atoms with van der Waals surface area (Å²) < 4.78 is 5.96. The van der Waals surface area contributed by atoms with Crippen LogP contribution in [-0.2, 0) is 4.74 Å². The third-order valence-electron chi connectivity index (χ3n) is 1.42. The predicted octanol–water partition coefficient (Wildman–Crippen LogP) is 0.765. The standard InChI is InChI=1S/C9H13N3O3/c1-9(2,3)15-8(14)12-5-4-6(11-12)7(10)13/h4-5H,1-3H3,(H2,10,13). The molecule has 1 aromatic rings. The van der Waals surface area contributed by atoms with Crippen LogP contribution < -0.4 is 5.73 Å². The summed E-state index contributed by atoms with van der Waals surface area (Å²) in [4.78, 5) is 22.1. The molecule has 0 radical (unpaired) electrons. The summed E-state index contributed by atoms with van der Waals surface area (Å²) in [5.41, 5.74) is 4.41. The van der Waals surface area contributed by atoms with Gasteiger partial charge in [0.25, 0.3) is 5.91 Å². The molecule has 0 aliphatic carbocycles. The lowest BCUT2D eigenvalue weighted by atomic mass is 10.2. The van der Waals surface area contributed by atoms with E-state index in [1.165, 1.54) is 12.3 Å². The van der Waals surface area contributed by atoms with Crippen molar-refractivity contribution in [2.75, 3.05) is 0 Å². The van der Waals surface area contributed by atoms with Gasteiger partial charge in [-0.05, 0) is 26.8 Å².